The fourth-order valence-electron chi connectivity index (χ4n) is 8.03. The molecule has 55 heavy (non-hydrogen) atoms. The minimum Gasteiger partial charge on any atom is -0.456 e. The molecule has 0 atom stereocenters. The predicted molar refractivity (Wildman–Crippen MR) is 229 cm³/mol. The Hall–Kier alpha value is -6.84. The van der Waals surface area contributed by atoms with Crippen molar-refractivity contribution in [3.05, 3.63) is 199 Å². The maximum absolute atomic E-state index is 6.23. The fourth-order valence-corrected chi connectivity index (χ4v) is 8.03. The van der Waals surface area contributed by atoms with Crippen LogP contribution in [0.2, 0.25) is 0 Å². The monoisotopic (exact) mass is 706 g/mol. The molecular weight excluding hydrogens is 669 g/mol. The van der Waals surface area contributed by atoms with Crippen molar-refractivity contribution in [2.24, 2.45) is 0 Å². The number of allylic oxidation sites excluding steroid dienone is 8. The number of benzene rings is 6. The largest absolute Gasteiger partial charge is 0.456 e. The summed E-state index contributed by atoms with van der Waals surface area (Å²) in [5.74, 6) is 0.772. The van der Waals surface area contributed by atoms with E-state index in [9.17, 15) is 0 Å². The lowest BCUT2D eigenvalue weighted by atomic mass is 9.88. The van der Waals surface area contributed by atoms with Gasteiger partial charge < -0.3 is 4.42 Å². The second kappa shape index (κ2) is 14.2. The quantitative estimate of drug-likeness (QED) is 0.166. The van der Waals surface area contributed by atoms with E-state index in [1.165, 1.54) is 39.0 Å². The fraction of sp³-hybridized carbons (Fsp3) is 0.0769. The zero-order valence-electron chi connectivity index (χ0n) is 30.5. The van der Waals surface area contributed by atoms with Gasteiger partial charge in [-0.05, 0) is 112 Å². The number of hydrogen-bond donors (Lipinski definition) is 0. The van der Waals surface area contributed by atoms with Gasteiger partial charge in [0.2, 0.25) is 0 Å². The minimum absolute atomic E-state index is 0.772. The summed E-state index contributed by atoms with van der Waals surface area (Å²) < 4.78 is 6.23. The normalized spacial score (nSPS) is 14.1. The number of furan rings is 1. The third-order valence-electron chi connectivity index (χ3n) is 10.9. The van der Waals surface area contributed by atoms with Gasteiger partial charge in [-0.1, -0.05) is 146 Å². The highest BCUT2D eigenvalue weighted by Gasteiger charge is 2.19. The van der Waals surface area contributed by atoms with E-state index < -0.39 is 0 Å². The van der Waals surface area contributed by atoms with Crippen LogP contribution in [0.3, 0.4) is 0 Å². The Morgan fingerprint density at radius 1 is 0.400 bits per heavy atom. The molecule has 6 aromatic carbocycles. The zero-order chi connectivity index (χ0) is 36.6. The highest BCUT2D eigenvalue weighted by atomic mass is 16.3. The molecule has 2 aromatic heterocycles. The lowest BCUT2D eigenvalue weighted by molar-refractivity contribution is 0.669. The van der Waals surface area contributed by atoms with Gasteiger partial charge in [-0.3, -0.25) is 0 Å². The predicted octanol–water partition coefficient (Wildman–Crippen LogP) is 14.0. The van der Waals surface area contributed by atoms with Crippen LogP contribution < -0.4 is 0 Å². The summed E-state index contributed by atoms with van der Waals surface area (Å²) in [6.07, 6.45) is 14.9. The molecular formula is C52H38N2O. The van der Waals surface area contributed by atoms with E-state index in [4.69, 9.17) is 14.4 Å². The maximum Gasteiger partial charge on any atom is 0.156 e. The molecule has 0 radical (unpaired) electrons. The number of aromatic nitrogens is 2. The van der Waals surface area contributed by atoms with Gasteiger partial charge >= 0.3 is 0 Å². The van der Waals surface area contributed by atoms with Crippen LogP contribution in [0.5, 0.6) is 0 Å². The van der Waals surface area contributed by atoms with E-state index in [2.05, 4.69) is 170 Å². The Balaban J connectivity index is 1.08. The Morgan fingerprint density at radius 2 is 1.07 bits per heavy atom. The molecule has 2 aliphatic carbocycles. The molecule has 262 valence electrons. The summed E-state index contributed by atoms with van der Waals surface area (Å²) in [6, 6.07) is 53.8. The van der Waals surface area contributed by atoms with Gasteiger partial charge in [0.1, 0.15) is 11.2 Å². The van der Waals surface area contributed by atoms with Crippen molar-refractivity contribution < 1.29 is 4.42 Å². The van der Waals surface area contributed by atoms with Crippen molar-refractivity contribution >= 4 is 38.7 Å². The molecule has 0 spiro atoms. The average Bonchev–Trinajstić information content (AvgIpc) is 3.65. The van der Waals surface area contributed by atoms with Gasteiger partial charge in [0.15, 0.2) is 5.82 Å². The van der Waals surface area contributed by atoms with Crippen molar-refractivity contribution in [1.29, 1.82) is 0 Å². The highest BCUT2D eigenvalue weighted by molar-refractivity contribution is 6.05. The molecule has 8 aromatic rings. The van der Waals surface area contributed by atoms with Crippen LogP contribution in [0, 0.1) is 0 Å². The molecule has 0 saturated heterocycles. The SMILES string of the molecule is C1=CCCC(c2cc(-c3cc(-c4cccc(-c5ccccc5)c4)nc(C4=CC=C(c5ccc6c(c5)oc5ccccc56)CC4)n3)ccc2-c2ccccc2)=C1. The van der Waals surface area contributed by atoms with Gasteiger partial charge in [-0.25, -0.2) is 9.97 Å². The molecule has 2 aliphatic rings. The first-order valence-corrected chi connectivity index (χ1v) is 19.2. The minimum atomic E-state index is 0.772. The lowest BCUT2D eigenvalue weighted by Gasteiger charge is -2.18. The van der Waals surface area contributed by atoms with Gasteiger partial charge in [0.25, 0.3) is 0 Å². The number of fused-ring (bicyclic) bond motifs is 3. The highest BCUT2D eigenvalue weighted by Crippen LogP contribution is 2.39. The number of rotatable bonds is 7. The zero-order valence-corrected chi connectivity index (χ0v) is 30.5. The molecule has 0 saturated carbocycles. The second-order valence-electron chi connectivity index (χ2n) is 14.4. The second-order valence-corrected chi connectivity index (χ2v) is 14.4. The maximum atomic E-state index is 6.23. The van der Waals surface area contributed by atoms with Crippen LogP contribution in [-0.4, -0.2) is 9.97 Å². The summed E-state index contributed by atoms with van der Waals surface area (Å²) in [5.41, 5.74) is 16.9. The van der Waals surface area contributed by atoms with E-state index in [0.717, 1.165) is 87.1 Å². The first kappa shape index (κ1) is 32.8. The molecule has 0 bridgehead atoms. The molecule has 0 amide bonds. The Bertz CT molecular complexity index is 2850. The summed E-state index contributed by atoms with van der Waals surface area (Å²) in [6.45, 7) is 0. The van der Waals surface area contributed by atoms with Crippen LogP contribution in [-0.2, 0) is 0 Å². The third-order valence-corrected chi connectivity index (χ3v) is 10.9. The van der Waals surface area contributed by atoms with E-state index in [1.54, 1.807) is 0 Å². The number of hydrogen-bond acceptors (Lipinski definition) is 3. The van der Waals surface area contributed by atoms with Crippen LogP contribution in [0.15, 0.2) is 186 Å². The van der Waals surface area contributed by atoms with Gasteiger partial charge in [0, 0.05) is 21.9 Å². The number of para-hydroxylation sites is 1. The van der Waals surface area contributed by atoms with E-state index in [-0.39, 0.29) is 0 Å². The van der Waals surface area contributed by atoms with Crippen LogP contribution >= 0.6 is 0 Å². The Kier molecular flexibility index (Phi) is 8.46. The van der Waals surface area contributed by atoms with Gasteiger partial charge in [-0.2, -0.15) is 0 Å². The van der Waals surface area contributed by atoms with Crippen molar-refractivity contribution in [1.82, 2.24) is 9.97 Å². The first-order valence-electron chi connectivity index (χ1n) is 19.2. The summed E-state index contributed by atoms with van der Waals surface area (Å²) in [5, 5.41) is 2.30. The van der Waals surface area contributed by atoms with Crippen LogP contribution in [0.1, 0.15) is 42.6 Å². The summed E-state index contributed by atoms with van der Waals surface area (Å²) in [4.78, 5) is 10.6. The van der Waals surface area contributed by atoms with E-state index >= 15 is 0 Å². The molecule has 0 fully saturated rings. The topological polar surface area (TPSA) is 38.9 Å². The summed E-state index contributed by atoms with van der Waals surface area (Å²) in [7, 11) is 0. The van der Waals surface area contributed by atoms with Crippen molar-refractivity contribution in [3.63, 3.8) is 0 Å². The molecule has 3 heteroatoms. The van der Waals surface area contributed by atoms with Crippen LogP contribution in [0.4, 0.5) is 0 Å². The molecule has 2 heterocycles. The van der Waals surface area contributed by atoms with Crippen molar-refractivity contribution in [3.8, 4) is 44.8 Å². The Morgan fingerprint density at radius 3 is 1.85 bits per heavy atom. The van der Waals surface area contributed by atoms with Crippen molar-refractivity contribution in [2.75, 3.05) is 0 Å². The first-order chi connectivity index (χ1) is 27.2. The van der Waals surface area contributed by atoms with Crippen molar-refractivity contribution in [2.45, 2.75) is 25.7 Å². The molecule has 0 N–H and O–H groups in total. The molecule has 0 unspecified atom stereocenters. The smallest absolute Gasteiger partial charge is 0.156 e. The van der Waals surface area contributed by atoms with Crippen LogP contribution in [0.25, 0.3) is 83.4 Å². The van der Waals surface area contributed by atoms with Gasteiger partial charge in [0.05, 0.1) is 11.4 Å². The van der Waals surface area contributed by atoms with E-state index in [0.29, 0.717) is 0 Å². The number of nitrogens with zero attached hydrogens (tertiary/aromatic N) is 2. The molecule has 0 aliphatic heterocycles. The summed E-state index contributed by atoms with van der Waals surface area (Å²) >= 11 is 0. The lowest BCUT2D eigenvalue weighted by Crippen LogP contribution is -2.02. The van der Waals surface area contributed by atoms with E-state index in [1.807, 2.05) is 12.1 Å². The average molecular weight is 707 g/mol. The standard InChI is InChI=1S/C52H38N2O/c1-4-13-35(14-5-1)40-19-12-20-42(31-40)48-34-49(43-28-29-44(37-15-6-2-7-16-37)47(32-43)38-17-8-3-9-18-38)54-52(53-48)39-25-23-36(24-26-39)41-27-30-46-45-21-10-11-22-50(45)55-51(46)33-41/h1-8,10-17,19-23,25,27-34H,9,18,24,26H2. The Labute approximate surface area is 321 Å². The third kappa shape index (κ3) is 6.45. The molecule has 10 rings (SSSR count). The molecule has 3 nitrogen and oxygen atoms in total. The van der Waals surface area contributed by atoms with Gasteiger partial charge in [-0.15, -0.1) is 0 Å².